The van der Waals surface area contributed by atoms with Crippen molar-refractivity contribution in [3.63, 3.8) is 0 Å². The first-order chi connectivity index (χ1) is 9.17. The van der Waals surface area contributed by atoms with Crippen molar-refractivity contribution in [2.24, 2.45) is 0 Å². The predicted molar refractivity (Wildman–Crippen MR) is 72.1 cm³/mol. The van der Waals surface area contributed by atoms with Crippen LogP contribution in [0.3, 0.4) is 0 Å². The smallest absolute Gasteiger partial charge is 0.309 e. The minimum Gasteiger partial charge on any atom is -0.481 e. The number of aromatic nitrogens is 2. The van der Waals surface area contributed by atoms with Crippen molar-refractivity contribution < 1.29 is 14.6 Å². The van der Waals surface area contributed by atoms with Crippen molar-refractivity contribution in [2.75, 3.05) is 11.9 Å². The van der Waals surface area contributed by atoms with Gasteiger partial charge < -0.3 is 15.2 Å². The Kier molecular flexibility index (Phi) is 4.30. The molecule has 2 aromatic rings. The molecule has 19 heavy (non-hydrogen) atoms. The van der Waals surface area contributed by atoms with E-state index in [4.69, 9.17) is 9.84 Å². The third-order valence-corrected chi connectivity index (χ3v) is 2.97. The van der Waals surface area contributed by atoms with Gasteiger partial charge in [-0.05, 0) is 13.0 Å². The quantitative estimate of drug-likeness (QED) is 0.844. The van der Waals surface area contributed by atoms with E-state index in [2.05, 4.69) is 15.3 Å². The molecule has 0 saturated heterocycles. The first-order valence-electron chi connectivity index (χ1n) is 5.69. The second kappa shape index (κ2) is 6.14. The number of hydrogen-bond donors (Lipinski definition) is 2. The summed E-state index contributed by atoms with van der Waals surface area (Å²) in [6.45, 7) is 2.47. The fourth-order valence-corrected chi connectivity index (χ4v) is 2.14. The molecule has 0 amide bonds. The molecule has 2 heterocycles. The van der Waals surface area contributed by atoms with Crippen LogP contribution in [0.4, 0.5) is 10.8 Å². The number of nitrogens with one attached hydrogen (secondary N) is 1. The Morgan fingerprint density at radius 1 is 1.53 bits per heavy atom. The second-order valence-corrected chi connectivity index (χ2v) is 4.52. The first-order valence-corrected chi connectivity index (χ1v) is 6.57. The Labute approximate surface area is 114 Å². The van der Waals surface area contributed by atoms with Gasteiger partial charge >= 0.3 is 5.97 Å². The molecule has 0 aromatic carbocycles. The summed E-state index contributed by atoms with van der Waals surface area (Å²) in [6.07, 6.45) is 1.57. The van der Waals surface area contributed by atoms with Crippen LogP contribution in [0.25, 0.3) is 0 Å². The Morgan fingerprint density at radius 3 is 3.00 bits per heavy atom. The van der Waals surface area contributed by atoms with Crippen molar-refractivity contribution in [3.8, 4) is 5.88 Å². The maximum atomic E-state index is 10.6. The molecule has 0 atom stereocenters. The normalized spacial score (nSPS) is 10.2. The van der Waals surface area contributed by atoms with Gasteiger partial charge in [-0.2, -0.15) is 0 Å². The highest BCUT2D eigenvalue weighted by Crippen LogP contribution is 2.21. The molecule has 0 spiro atoms. The van der Waals surface area contributed by atoms with Crippen molar-refractivity contribution in [3.05, 3.63) is 29.4 Å². The minimum atomic E-state index is -0.889. The zero-order valence-electron chi connectivity index (χ0n) is 10.3. The number of anilines is 2. The third-order valence-electron chi connectivity index (χ3n) is 2.16. The summed E-state index contributed by atoms with van der Waals surface area (Å²) in [7, 11) is 0. The van der Waals surface area contributed by atoms with Crippen LogP contribution in [0.1, 0.15) is 12.6 Å². The van der Waals surface area contributed by atoms with E-state index in [0.29, 0.717) is 23.3 Å². The van der Waals surface area contributed by atoms with Gasteiger partial charge in [0.05, 0.1) is 30.6 Å². The van der Waals surface area contributed by atoms with Gasteiger partial charge in [0.2, 0.25) is 5.88 Å². The Morgan fingerprint density at radius 2 is 2.37 bits per heavy atom. The van der Waals surface area contributed by atoms with E-state index < -0.39 is 5.97 Å². The monoisotopic (exact) mass is 279 g/mol. The maximum absolute atomic E-state index is 10.6. The Hall–Kier alpha value is -2.15. The van der Waals surface area contributed by atoms with E-state index in [1.165, 1.54) is 11.3 Å². The average molecular weight is 279 g/mol. The Bertz CT molecular complexity index is 554. The lowest BCUT2D eigenvalue weighted by molar-refractivity contribution is -0.136. The highest BCUT2D eigenvalue weighted by Gasteiger charge is 2.06. The standard InChI is InChI=1S/C12H13N3O3S/c1-2-18-10-4-3-8(6-13-10)14-12-15-9(7-19-12)5-11(16)17/h3-4,6-7H,2,5H2,1H3,(H,14,15)(H,16,17). The zero-order valence-corrected chi connectivity index (χ0v) is 11.1. The molecule has 0 fully saturated rings. The van der Waals surface area contributed by atoms with Crippen molar-refractivity contribution in [1.82, 2.24) is 9.97 Å². The number of pyridine rings is 1. The van der Waals surface area contributed by atoms with Gasteiger partial charge in [0.1, 0.15) is 0 Å². The molecule has 0 aliphatic heterocycles. The van der Waals surface area contributed by atoms with E-state index in [-0.39, 0.29) is 6.42 Å². The minimum absolute atomic E-state index is 0.0697. The summed E-state index contributed by atoms with van der Waals surface area (Å²) in [5.74, 6) is -0.321. The fourth-order valence-electron chi connectivity index (χ4n) is 1.41. The zero-order chi connectivity index (χ0) is 13.7. The number of aliphatic carboxylic acids is 1. The number of carboxylic acid groups (broad SMARTS) is 1. The lowest BCUT2D eigenvalue weighted by atomic mass is 10.3. The number of nitrogens with zero attached hydrogens (tertiary/aromatic N) is 2. The van der Waals surface area contributed by atoms with Crippen LogP contribution >= 0.6 is 11.3 Å². The highest BCUT2D eigenvalue weighted by molar-refractivity contribution is 7.13. The summed E-state index contributed by atoms with van der Waals surface area (Å²) < 4.78 is 5.24. The van der Waals surface area contributed by atoms with Gasteiger partial charge in [0.15, 0.2) is 5.13 Å². The van der Waals surface area contributed by atoms with Gasteiger partial charge in [-0.15, -0.1) is 11.3 Å². The molecular formula is C12H13N3O3S. The van der Waals surface area contributed by atoms with Crippen LogP contribution in [0.2, 0.25) is 0 Å². The van der Waals surface area contributed by atoms with Gasteiger partial charge in [0.25, 0.3) is 0 Å². The molecule has 0 radical (unpaired) electrons. The number of thiazole rings is 1. The summed E-state index contributed by atoms with van der Waals surface area (Å²) in [6, 6.07) is 3.59. The molecule has 2 N–H and O–H groups in total. The van der Waals surface area contributed by atoms with Crippen LogP contribution in [-0.4, -0.2) is 27.7 Å². The average Bonchev–Trinajstić information content (AvgIpc) is 2.78. The van der Waals surface area contributed by atoms with Crippen LogP contribution in [0.5, 0.6) is 5.88 Å². The second-order valence-electron chi connectivity index (χ2n) is 3.66. The summed E-state index contributed by atoms with van der Waals surface area (Å²) in [5.41, 5.74) is 1.32. The molecular weight excluding hydrogens is 266 g/mol. The number of hydrogen-bond acceptors (Lipinski definition) is 6. The summed E-state index contributed by atoms with van der Waals surface area (Å²) in [5, 5.41) is 14.1. The van der Waals surface area contributed by atoms with Crippen LogP contribution < -0.4 is 10.1 Å². The highest BCUT2D eigenvalue weighted by atomic mass is 32.1. The molecule has 2 aromatic heterocycles. The lowest BCUT2D eigenvalue weighted by Gasteiger charge is -2.04. The molecule has 6 nitrogen and oxygen atoms in total. The van der Waals surface area contributed by atoms with Crippen LogP contribution in [0.15, 0.2) is 23.7 Å². The molecule has 0 saturated carbocycles. The molecule has 2 rings (SSSR count). The Balaban J connectivity index is 2.00. The first kappa shape index (κ1) is 13.3. The maximum Gasteiger partial charge on any atom is 0.309 e. The summed E-state index contributed by atoms with van der Waals surface area (Å²) in [4.78, 5) is 18.8. The molecule has 7 heteroatoms. The van der Waals surface area contributed by atoms with E-state index in [0.717, 1.165) is 5.69 Å². The number of ether oxygens (including phenoxy) is 1. The van der Waals surface area contributed by atoms with Crippen LogP contribution in [-0.2, 0) is 11.2 Å². The summed E-state index contributed by atoms with van der Waals surface area (Å²) >= 11 is 1.36. The van der Waals surface area contributed by atoms with E-state index in [9.17, 15) is 4.79 Å². The fraction of sp³-hybridized carbons (Fsp3) is 0.250. The van der Waals surface area contributed by atoms with Gasteiger partial charge in [-0.1, -0.05) is 0 Å². The van der Waals surface area contributed by atoms with Gasteiger partial charge in [0, 0.05) is 11.4 Å². The molecule has 0 aliphatic carbocycles. The SMILES string of the molecule is CCOc1ccc(Nc2nc(CC(=O)O)cs2)cn1. The van der Waals surface area contributed by atoms with E-state index in [1.54, 1.807) is 17.6 Å². The number of carbonyl (C=O) groups is 1. The predicted octanol–water partition coefficient (Wildman–Crippen LogP) is 2.31. The van der Waals surface area contributed by atoms with Crippen molar-refractivity contribution in [1.29, 1.82) is 0 Å². The number of rotatable bonds is 6. The largest absolute Gasteiger partial charge is 0.481 e. The van der Waals surface area contributed by atoms with Gasteiger partial charge in [-0.3, -0.25) is 4.79 Å². The van der Waals surface area contributed by atoms with Crippen molar-refractivity contribution in [2.45, 2.75) is 13.3 Å². The number of carboxylic acids is 1. The topological polar surface area (TPSA) is 84.3 Å². The molecule has 0 unspecified atom stereocenters. The van der Waals surface area contributed by atoms with E-state index in [1.807, 2.05) is 13.0 Å². The van der Waals surface area contributed by atoms with Crippen molar-refractivity contribution >= 4 is 28.1 Å². The molecule has 100 valence electrons. The third kappa shape index (κ3) is 3.92. The molecule has 0 bridgehead atoms. The van der Waals surface area contributed by atoms with Crippen LogP contribution in [0, 0.1) is 0 Å². The van der Waals surface area contributed by atoms with Gasteiger partial charge in [-0.25, -0.2) is 9.97 Å². The van der Waals surface area contributed by atoms with E-state index >= 15 is 0 Å². The lowest BCUT2D eigenvalue weighted by Crippen LogP contribution is -2.00. The molecule has 0 aliphatic rings.